The molecule has 1 amide bonds. The van der Waals surface area contributed by atoms with Crippen LogP contribution in [0.25, 0.3) is 0 Å². The molecule has 20 heavy (non-hydrogen) atoms. The Balaban J connectivity index is 1.92. The van der Waals surface area contributed by atoms with Crippen LogP contribution >= 0.6 is 0 Å². The van der Waals surface area contributed by atoms with Gasteiger partial charge in [0, 0.05) is 6.42 Å². The summed E-state index contributed by atoms with van der Waals surface area (Å²) in [6.45, 7) is 1.89. The van der Waals surface area contributed by atoms with Crippen LogP contribution < -0.4 is 10.6 Å². The van der Waals surface area contributed by atoms with Crippen molar-refractivity contribution in [3.8, 4) is 0 Å². The second-order valence-electron chi connectivity index (χ2n) is 4.95. The summed E-state index contributed by atoms with van der Waals surface area (Å²) >= 11 is 0. The molecule has 6 heteroatoms. The molecule has 0 radical (unpaired) electrons. The molecule has 1 fully saturated rings. The summed E-state index contributed by atoms with van der Waals surface area (Å²) in [6.07, 6.45) is 2.11. The van der Waals surface area contributed by atoms with Crippen LogP contribution in [0, 0.1) is 11.7 Å². The molecule has 1 heterocycles. The molecule has 3 N–H and O–H groups in total. The zero-order valence-corrected chi connectivity index (χ0v) is 11.0. The van der Waals surface area contributed by atoms with Gasteiger partial charge >= 0.3 is 5.97 Å². The molecule has 1 aliphatic heterocycles. The molecule has 0 bridgehead atoms. The molecule has 1 aromatic carbocycles. The molecular formula is C14H17FN2O3. The highest BCUT2D eigenvalue weighted by molar-refractivity contribution is 5.94. The van der Waals surface area contributed by atoms with Crippen molar-refractivity contribution in [1.82, 2.24) is 5.32 Å². The summed E-state index contributed by atoms with van der Waals surface area (Å²) < 4.78 is 13.5. The topological polar surface area (TPSA) is 78.4 Å². The number of carboxylic acids is 1. The highest BCUT2D eigenvalue weighted by atomic mass is 19.1. The normalized spacial score (nSPS) is 17.9. The van der Waals surface area contributed by atoms with Crippen molar-refractivity contribution in [3.63, 3.8) is 0 Å². The van der Waals surface area contributed by atoms with E-state index in [9.17, 15) is 14.0 Å². The first-order chi connectivity index (χ1) is 9.56. The molecule has 1 unspecified atom stereocenters. The number of rotatable bonds is 5. The first kappa shape index (κ1) is 14.5. The lowest BCUT2D eigenvalue weighted by molar-refractivity contribution is -0.116. The van der Waals surface area contributed by atoms with Crippen LogP contribution in [0.1, 0.15) is 29.6 Å². The second-order valence-corrected chi connectivity index (χ2v) is 4.95. The van der Waals surface area contributed by atoms with Crippen molar-refractivity contribution in [2.75, 3.05) is 18.4 Å². The van der Waals surface area contributed by atoms with Crippen LogP contribution in [-0.4, -0.2) is 30.1 Å². The predicted octanol–water partition coefficient (Wildman–Crippen LogP) is 1.85. The largest absolute Gasteiger partial charge is 0.478 e. The van der Waals surface area contributed by atoms with Crippen LogP contribution in [0.15, 0.2) is 18.2 Å². The van der Waals surface area contributed by atoms with E-state index >= 15 is 0 Å². The van der Waals surface area contributed by atoms with Gasteiger partial charge in [-0.15, -0.1) is 0 Å². The molecule has 0 aliphatic carbocycles. The van der Waals surface area contributed by atoms with E-state index in [-0.39, 0.29) is 17.2 Å². The van der Waals surface area contributed by atoms with Gasteiger partial charge in [-0.05, 0) is 50.0 Å². The molecular weight excluding hydrogens is 263 g/mol. The van der Waals surface area contributed by atoms with Crippen molar-refractivity contribution in [1.29, 1.82) is 0 Å². The molecule has 1 aromatic rings. The lowest BCUT2D eigenvalue weighted by atomic mass is 10.0. The fraction of sp³-hybridized carbons (Fsp3) is 0.429. The van der Waals surface area contributed by atoms with E-state index in [0.717, 1.165) is 44.1 Å². The van der Waals surface area contributed by atoms with Gasteiger partial charge in [0.1, 0.15) is 5.82 Å². The van der Waals surface area contributed by atoms with E-state index in [1.54, 1.807) is 0 Å². The monoisotopic (exact) mass is 280 g/mol. The third kappa shape index (κ3) is 3.77. The fourth-order valence-electron chi connectivity index (χ4n) is 2.26. The Bertz CT molecular complexity index is 513. The van der Waals surface area contributed by atoms with Crippen molar-refractivity contribution >= 4 is 17.6 Å². The third-order valence-corrected chi connectivity index (χ3v) is 3.43. The van der Waals surface area contributed by atoms with Crippen LogP contribution in [0.3, 0.4) is 0 Å². The molecule has 0 aromatic heterocycles. The van der Waals surface area contributed by atoms with Gasteiger partial charge in [-0.3, -0.25) is 4.79 Å². The number of hydrogen-bond donors (Lipinski definition) is 3. The standard InChI is InChI=1S/C14H17FN2O3/c15-11-3-2-10(14(19)20)7-12(11)17-13(18)4-1-9-5-6-16-8-9/h2-3,7,9,16H,1,4-6,8H2,(H,17,18)(H,19,20). The number of carboxylic acid groups (broad SMARTS) is 1. The van der Waals surface area contributed by atoms with E-state index in [1.165, 1.54) is 0 Å². The lowest BCUT2D eigenvalue weighted by Gasteiger charge is -2.09. The van der Waals surface area contributed by atoms with Gasteiger partial charge in [-0.1, -0.05) is 0 Å². The fourth-order valence-corrected chi connectivity index (χ4v) is 2.26. The summed E-state index contributed by atoms with van der Waals surface area (Å²) in [6, 6.07) is 3.34. The van der Waals surface area contributed by atoms with Crippen LogP contribution in [-0.2, 0) is 4.79 Å². The van der Waals surface area contributed by atoms with E-state index in [0.29, 0.717) is 12.3 Å². The number of anilines is 1. The summed E-state index contributed by atoms with van der Waals surface area (Å²) in [4.78, 5) is 22.6. The zero-order chi connectivity index (χ0) is 14.5. The van der Waals surface area contributed by atoms with Gasteiger partial charge in [0.25, 0.3) is 0 Å². The zero-order valence-electron chi connectivity index (χ0n) is 11.0. The van der Waals surface area contributed by atoms with Gasteiger partial charge in [0.05, 0.1) is 11.3 Å². The maximum Gasteiger partial charge on any atom is 0.335 e. The number of aromatic carboxylic acids is 1. The Kier molecular flexibility index (Phi) is 4.68. The Morgan fingerprint density at radius 3 is 2.90 bits per heavy atom. The van der Waals surface area contributed by atoms with Gasteiger partial charge < -0.3 is 15.7 Å². The van der Waals surface area contributed by atoms with Gasteiger partial charge in [-0.25, -0.2) is 9.18 Å². The highest BCUT2D eigenvalue weighted by Gasteiger charge is 2.16. The minimum Gasteiger partial charge on any atom is -0.478 e. The van der Waals surface area contributed by atoms with Gasteiger partial charge in [0.15, 0.2) is 0 Å². The number of carbonyl (C=O) groups excluding carboxylic acids is 1. The van der Waals surface area contributed by atoms with E-state index in [1.807, 2.05) is 0 Å². The highest BCUT2D eigenvalue weighted by Crippen LogP contribution is 2.18. The predicted molar refractivity (Wildman–Crippen MR) is 72.2 cm³/mol. The third-order valence-electron chi connectivity index (χ3n) is 3.43. The minimum absolute atomic E-state index is 0.0540. The summed E-state index contributed by atoms with van der Waals surface area (Å²) in [5, 5.41) is 14.5. The molecule has 0 spiro atoms. The van der Waals surface area contributed by atoms with Crippen molar-refractivity contribution in [2.24, 2.45) is 5.92 Å². The van der Waals surface area contributed by atoms with Crippen LogP contribution in [0.2, 0.25) is 0 Å². The average Bonchev–Trinajstić information content (AvgIpc) is 2.92. The molecule has 0 saturated carbocycles. The maximum atomic E-state index is 13.5. The Hall–Kier alpha value is -1.95. The van der Waals surface area contributed by atoms with Gasteiger partial charge in [0.2, 0.25) is 5.91 Å². The first-order valence-corrected chi connectivity index (χ1v) is 6.59. The van der Waals surface area contributed by atoms with Crippen LogP contribution in [0.5, 0.6) is 0 Å². The van der Waals surface area contributed by atoms with Crippen molar-refractivity contribution in [3.05, 3.63) is 29.6 Å². The van der Waals surface area contributed by atoms with Crippen LogP contribution in [0.4, 0.5) is 10.1 Å². The van der Waals surface area contributed by atoms with Crippen molar-refractivity contribution < 1.29 is 19.1 Å². The van der Waals surface area contributed by atoms with E-state index < -0.39 is 11.8 Å². The lowest BCUT2D eigenvalue weighted by Crippen LogP contribution is -2.16. The average molecular weight is 280 g/mol. The minimum atomic E-state index is -1.16. The molecule has 108 valence electrons. The number of carbonyl (C=O) groups is 2. The number of nitrogens with one attached hydrogen (secondary N) is 2. The number of benzene rings is 1. The Labute approximate surface area is 116 Å². The van der Waals surface area contributed by atoms with E-state index in [2.05, 4.69) is 10.6 Å². The Morgan fingerprint density at radius 2 is 2.25 bits per heavy atom. The molecule has 1 atom stereocenters. The smallest absolute Gasteiger partial charge is 0.335 e. The van der Waals surface area contributed by atoms with E-state index in [4.69, 9.17) is 5.11 Å². The summed E-state index contributed by atoms with van der Waals surface area (Å²) in [5.41, 5.74) is -0.138. The maximum absolute atomic E-state index is 13.5. The summed E-state index contributed by atoms with van der Waals surface area (Å²) in [7, 11) is 0. The second kappa shape index (κ2) is 6.47. The number of amides is 1. The summed E-state index contributed by atoms with van der Waals surface area (Å²) in [5.74, 6) is -1.60. The molecule has 1 saturated heterocycles. The molecule has 5 nitrogen and oxygen atoms in total. The quantitative estimate of drug-likeness (QED) is 0.769. The van der Waals surface area contributed by atoms with Crippen molar-refractivity contribution in [2.45, 2.75) is 19.3 Å². The molecule has 2 rings (SSSR count). The molecule has 1 aliphatic rings. The number of halogens is 1. The first-order valence-electron chi connectivity index (χ1n) is 6.59. The SMILES string of the molecule is O=C(CCC1CCNC1)Nc1cc(C(=O)O)ccc1F. The van der Waals surface area contributed by atoms with Gasteiger partial charge in [-0.2, -0.15) is 0 Å². The Morgan fingerprint density at radius 1 is 1.45 bits per heavy atom. The number of hydrogen-bond acceptors (Lipinski definition) is 3.